The molecule has 1 aliphatic heterocycles. The molecule has 0 aliphatic carbocycles. The largest absolute Gasteiger partial charge is 0.416 e. The lowest BCUT2D eigenvalue weighted by Crippen LogP contribution is -2.22. The average molecular weight is 295 g/mol. The second kappa shape index (κ2) is 5.18. The minimum atomic E-state index is -4.29. The van der Waals surface area contributed by atoms with E-state index >= 15 is 0 Å². The molecule has 2 heterocycles. The molecule has 0 saturated carbocycles. The van der Waals surface area contributed by atoms with Crippen LogP contribution in [0.4, 0.5) is 13.2 Å². The van der Waals surface area contributed by atoms with Gasteiger partial charge >= 0.3 is 6.18 Å². The number of nitrogens with zero attached hydrogens (tertiary/aromatic N) is 2. The van der Waals surface area contributed by atoms with Gasteiger partial charge in [-0.05, 0) is 30.5 Å². The van der Waals surface area contributed by atoms with Gasteiger partial charge < -0.3 is 10.3 Å². The van der Waals surface area contributed by atoms with Crippen molar-refractivity contribution >= 4 is 0 Å². The highest BCUT2D eigenvalue weighted by Gasteiger charge is 2.30. The Morgan fingerprint density at radius 3 is 2.62 bits per heavy atom. The first-order valence-corrected chi connectivity index (χ1v) is 6.91. The maximum absolute atomic E-state index is 12.5. The van der Waals surface area contributed by atoms with Crippen molar-refractivity contribution in [2.45, 2.75) is 38.0 Å². The summed E-state index contributed by atoms with van der Waals surface area (Å²) >= 11 is 0. The smallest absolute Gasteiger partial charge is 0.330 e. The number of rotatable bonds is 2. The molecule has 0 radical (unpaired) electrons. The van der Waals surface area contributed by atoms with Gasteiger partial charge in [-0.15, -0.1) is 0 Å². The summed E-state index contributed by atoms with van der Waals surface area (Å²) in [5.74, 6) is 0.861. The predicted molar refractivity (Wildman–Crippen MR) is 72.6 cm³/mol. The molecule has 112 valence electrons. The number of imidazole rings is 1. The van der Waals surface area contributed by atoms with Crippen molar-refractivity contribution < 1.29 is 13.2 Å². The molecule has 1 atom stereocenters. The maximum Gasteiger partial charge on any atom is 0.416 e. The fourth-order valence-corrected chi connectivity index (χ4v) is 2.74. The van der Waals surface area contributed by atoms with Gasteiger partial charge in [0, 0.05) is 19.0 Å². The lowest BCUT2D eigenvalue weighted by atomic mass is 10.0. The Balaban J connectivity index is 1.81. The van der Waals surface area contributed by atoms with Crippen LogP contribution in [0.25, 0.3) is 0 Å². The van der Waals surface area contributed by atoms with Gasteiger partial charge in [0.15, 0.2) is 0 Å². The Hall–Kier alpha value is -1.82. The minimum absolute atomic E-state index is 0.00704. The van der Waals surface area contributed by atoms with Gasteiger partial charge in [-0.25, -0.2) is 4.98 Å². The van der Waals surface area contributed by atoms with E-state index in [1.807, 2.05) is 0 Å². The average Bonchev–Trinajstić information content (AvgIpc) is 2.83. The van der Waals surface area contributed by atoms with E-state index in [4.69, 9.17) is 5.73 Å². The second-order valence-corrected chi connectivity index (χ2v) is 5.37. The Labute approximate surface area is 120 Å². The Kier molecular flexibility index (Phi) is 3.49. The molecule has 0 saturated heterocycles. The van der Waals surface area contributed by atoms with E-state index in [0.717, 1.165) is 48.6 Å². The summed E-state index contributed by atoms with van der Waals surface area (Å²) in [6, 6.07) is 5.25. The summed E-state index contributed by atoms with van der Waals surface area (Å²) in [7, 11) is 0. The normalized spacial score (nSPS) is 18.6. The number of hydrogen-bond acceptors (Lipinski definition) is 2. The zero-order valence-electron chi connectivity index (χ0n) is 11.4. The number of aromatic nitrogens is 2. The third-order valence-electron chi connectivity index (χ3n) is 3.89. The van der Waals surface area contributed by atoms with E-state index in [2.05, 4.69) is 9.55 Å². The molecule has 2 aromatic rings. The number of fused-ring (bicyclic) bond motifs is 1. The Morgan fingerprint density at radius 1 is 1.24 bits per heavy atom. The van der Waals surface area contributed by atoms with E-state index in [9.17, 15) is 13.2 Å². The molecule has 1 aliphatic rings. The van der Waals surface area contributed by atoms with E-state index in [1.165, 1.54) is 12.1 Å². The van der Waals surface area contributed by atoms with Crippen molar-refractivity contribution in [1.82, 2.24) is 9.55 Å². The van der Waals surface area contributed by atoms with Gasteiger partial charge in [0.1, 0.15) is 5.82 Å². The summed E-state index contributed by atoms with van der Waals surface area (Å²) in [4.78, 5) is 4.38. The van der Waals surface area contributed by atoms with E-state index in [1.54, 1.807) is 6.20 Å². The first kappa shape index (κ1) is 14.1. The molecule has 21 heavy (non-hydrogen) atoms. The lowest BCUT2D eigenvalue weighted by molar-refractivity contribution is -0.137. The lowest BCUT2D eigenvalue weighted by Gasteiger charge is -2.22. The quantitative estimate of drug-likeness (QED) is 0.924. The summed E-state index contributed by atoms with van der Waals surface area (Å²) in [6.45, 7) is 0.874. The molecule has 0 bridgehead atoms. The highest BCUT2D eigenvalue weighted by atomic mass is 19.4. The number of benzene rings is 1. The zero-order chi connectivity index (χ0) is 15.0. The molecule has 6 heteroatoms. The number of halogens is 3. The molecule has 3 nitrogen and oxygen atoms in total. The van der Waals surface area contributed by atoms with Crippen molar-refractivity contribution in [2.75, 3.05) is 0 Å². The maximum atomic E-state index is 12.5. The van der Waals surface area contributed by atoms with E-state index in [0.29, 0.717) is 6.42 Å². The van der Waals surface area contributed by atoms with Gasteiger partial charge in [0.25, 0.3) is 0 Å². The van der Waals surface area contributed by atoms with Gasteiger partial charge in [0.05, 0.1) is 17.5 Å². The number of alkyl halides is 3. The van der Waals surface area contributed by atoms with Crippen molar-refractivity contribution in [3.05, 3.63) is 53.1 Å². The number of hydrogen-bond donors (Lipinski definition) is 1. The van der Waals surface area contributed by atoms with E-state index in [-0.39, 0.29) is 6.04 Å². The fourth-order valence-electron chi connectivity index (χ4n) is 2.74. The highest BCUT2D eigenvalue weighted by Crippen LogP contribution is 2.30. The van der Waals surface area contributed by atoms with Crippen LogP contribution >= 0.6 is 0 Å². The Morgan fingerprint density at radius 2 is 1.95 bits per heavy atom. The molecule has 0 amide bonds. The molecule has 1 aromatic carbocycles. The van der Waals surface area contributed by atoms with E-state index < -0.39 is 11.7 Å². The molecular formula is C15H16F3N3. The van der Waals surface area contributed by atoms with Crippen LogP contribution in [0.1, 0.15) is 41.5 Å². The second-order valence-electron chi connectivity index (χ2n) is 5.37. The van der Waals surface area contributed by atoms with Crippen LogP contribution in [0.15, 0.2) is 30.5 Å². The van der Waals surface area contributed by atoms with Gasteiger partial charge in [-0.3, -0.25) is 0 Å². The van der Waals surface area contributed by atoms with Crippen LogP contribution in [0.3, 0.4) is 0 Å². The molecule has 1 unspecified atom stereocenters. The molecule has 2 N–H and O–H groups in total. The van der Waals surface area contributed by atoms with Crippen molar-refractivity contribution in [1.29, 1.82) is 0 Å². The van der Waals surface area contributed by atoms with Crippen molar-refractivity contribution in [3.8, 4) is 0 Å². The summed E-state index contributed by atoms with van der Waals surface area (Å²) in [5.41, 5.74) is 7.24. The summed E-state index contributed by atoms with van der Waals surface area (Å²) in [5, 5.41) is 0. The van der Waals surface area contributed by atoms with Gasteiger partial charge in [0.2, 0.25) is 0 Å². The first-order chi connectivity index (χ1) is 9.95. The number of nitrogens with two attached hydrogens (primary N) is 1. The minimum Gasteiger partial charge on any atom is -0.330 e. The topological polar surface area (TPSA) is 43.8 Å². The van der Waals surface area contributed by atoms with Crippen molar-refractivity contribution in [3.63, 3.8) is 0 Å². The molecule has 1 aromatic heterocycles. The third-order valence-corrected chi connectivity index (χ3v) is 3.89. The standard InChI is InChI=1S/C15H16F3N3/c16-15(17,18)11-5-3-10(4-6-11)8-14-20-9-13-12(19)2-1-7-21(13)14/h3-6,9,12H,1-2,7-8,19H2. The van der Waals surface area contributed by atoms with Crippen LogP contribution in [0, 0.1) is 0 Å². The van der Waals surface area contributed by atoms with Crippen molar-refractivity contribution in [2.24, 2.45) is 5.73 Å². The highest BCUT2D eigenvalue weighted by molar-refractivity contribution is 5.27. The molecular weight excluding hydrogens is 279 g/mol. The van der Waals surface area contributed by atoms with Crippen LogP contribution in [0.2, 0.25) is 0 Å². The van der Waals surface area contributed by atoms with Crippen LogP contribution < -0.4 is 5.73 Å². The molecule has 0 fully saturated rings. The molecule has 0 spiro atoms. The van der Waals surface area contributed by atoms with Crippen LogP contribution in [-0.2, 0) is 19.1 Å². The van der Waals surface area contributed by atoms with Crippen LogP contribution in [0.5, 0.6) is 0 Å². The monoisotopic (exact) mass is 295 g/mol. The van der Waals surface area contributed by atoms with Gasteiger partial charge in [-0.2, -0.15) is 13.2 Å². The van der Waals surface area contributed by atoms with Gasteiger partial charge in [-0.1, -0.05) is 12.1 Å². The fraction of sp³-hybridized carbons (Fsp3) is 0.400. The first-order valence-electron chi connectivity index (χ1n) is 6.91. The third kappa shape index (κ3) is 2.81. The summed E-state index contributed by atoms with van der Waals surface area (Å²) < 4.78 is 39.7. The van der Waals surface area contributed by atoms with Crippen LogP contribution in [-0.4, -0.2) is 9.55 Å². The zero-order valence-corrected chi connectivity index (χ0v) is 11.4. The molecule has 3 rings (SSSR count). The predicted octanol–water partition coefficient (Wildman–Crippen LogP) is 3.29. The summed E-state index contributed by atoms with van der Waals surface area (Å²) in [6.07, 6.45) is -0.0399. The SMILES string of the molecule is NC1CCCn2c1cnc2Cc1ccc(C(F)(F)F)cc1. The Bertz CT molecular complexity index is 629.